The second-order valence-corrected chi connectivity index (χ2v) is 6.01. The number of fused-ring (bicyclic) bond motifs is 1. The van der Waals surface area contributed by atoms with Gasteiger partial charge in [0.15, 0.2) is 11.5 Å². The lowest BCUT2D eigenvalue weighted by Gasteiger charge is -2.12. The summed E-state index contributed by atoms with van der Waals surface area (Å²) >= 11 is 0. The average Bonchev–Trinajstić information content (AvgIpc) is 3.13. The van der Waals surface area contributed by atoms with E-state index in [4.69, 9.17) is 14.2 Å². The highest BCUT2D eigenvalue weighted by molar-refractivity contribution is 6.05. The first-order chi connectivity index (χ1) is 14.1. The molecule has 0 aliphatic rings. The number of anilines is 1. The normalized spacial score (nSPS) is 10.6. The van der Waals surface area contributed by atoms with Crippen molar-refractivity contribution in [2.24, 2.45) is 0 Å². The SMILES string of the molecule is CCOC(=O)c1cnn2ccc(NC(=O)c3ccc(OCC)c(OCC)c3)cc12. The average molecular weight is 397 g/mol. The van der Waals surface area contributed by atoms with Gasteiger partial charge >= 0.3 is 5.97 Å². The molecular formula is C21H23N3O5. The van der Waals surface area contributed by atoms with E-state index in [1.54, 1.807) is 48.0 Å². The van der Waals surface area contributed by atoms with Gasteiger partial charge in [-0.25, -0.2) is 9.31 Å². The summed E-state index contributed by atoms with van der Waals surface area (Å²) in [6, 6.07) is 8.40. The predicted octanol–water partition coefficient (Wildman–Crippen LogP) is 3.56. The summed E-state index contributed by atoms with van der Waals surface area (Å²) in [5.74, 6) is 0.331. The van der Waals surface area contributed by atoms with Crippen LogP contribution in [-0.4, -0.2) is 41.3 Å². The highest BCUT2D eigenvalue weighted by atomic mass is 16.5. The molecule has 1 N–H and O–H groups in total. The number of benzene rings is 1. The van der Waals surface area contributed by atoms with Crippen molar-refractivity contribution in [1.82, 2.24) is 9.61 Å². The number of ether oxygens (including phenoxy) is 3. The Hall–Kier alpha value is -3.55. The van der Waals surface area contributed by atoms with E-state index in [2.05, 4.69) is 10.4 Å². The zero-order valence-electron chi connectivity index (χ0n) is 16.6. The molecule has 3 rings (SSSR count). The Bertz CT molecular complexity index is 1030. The zero-order chi connectivity index (χ0) is 20.8. The van der Waals surface area contributed by atoms with Gasteiger partial charge in [0.2, 0.25) is 0 Å². The lowest BCUT2D eigenvalue weighted by atomic mass is 10.1. The van der Waals surface area contributed by atoms with Gasteiger partial charge in [0.25, 0.3) is 5.91 Å². The predicted molar refractivity (Wildman–Crippen MR) is 108 cm³/mol. The number of esters is 1. The van der Waals surface area contributed by atoms with Crippen LogP contribution in [0.4, 0.5) is 5.69 Å². The topological polar surface area (TPSA) is 91.2 Å². The van der Waals surface area contributed by atoms with Gasteiger partial charge in [-0.05, 0) is 51.1 Å². The largest absolute Gasteiger partial charge is 0.490 e. The zero-order valence-corrected chi connectivity index (χ0v) is 16.6. The molecule has 0 saturated heterocycles. The molecule has 0 spiro atoms. The monoisotopic (exact) mass is 397 g/mol. The number of amides is 1. The first kappa shape index (κ1) is 20.2. The van der Waals surface area contributed by atoms with Gasteiger partial charge in [-0.2, -0.15) is 5.10 Å². The smallest absolute Gasteiger partial charge is 0.341 e. The van der Waals surface area contributed by atoms with E-state index in [0.29, 0.717) is 47.0 Å². The van der Waals surface area contributed by atoms with Crippen molar-refractivity contribution in [2.75, 3.05) is 25.1 Å². The van der Waals surface area contributed by atoms with Crippen LogP contribution in [0.2, 0.25) is 0 Å². The summed E-state index contributed by atoms with van der Waals surface area (Å²) in [7, 11) is 0. The van der Waals surface area contributed by atoms with Crippen LogP contribution < -0.4 is 14.8 Å². The van der Waals surface area contributed by atoms with Crippen LogP contribution in [0, 0.1) is 0 Å². The highest BCUT2D eigenvalue weighted by Crippen LogP contribution is 2.29. The van der Waals surface area contributed by atoms with Gasteiger partial charge in [-0.1, -0.05) is 0 Å². The third-order valence-corrected chi connectivity index (χ3v) is 4.08. The van der Waals surface area contributed by atoms with Gasteiger partial charge in [-0.15, -0.1) is 0 Å². The molecule has 0 unspecified atom stereocenters. The number of rotatable bonds is 8. The Morgan fingerprint density at radius 2 is 1.76 bits per heavy atom. The summed E-state index contributed by atoms with van der Waals surface area (Å²) < 4.78 is 17.7. The third-order valence-electron chi connectivity index (χ3n) is 4.08. The summed E-state index contributed by atoms with van der Waals surface area (Å²) in [5.41, 5.74) is 1.84. The summed E-state index contributed by atoms with van der Waals surface area (Å²) in [5, 5.41) is 6.96. The quantitative estimate of drug-likeness (QED) is 0.585. The minimum Gasteiger partial charge on any atom is -0.490 e. The van der Waals surface area contributed by atoms with E-state index < -0.39 is 5.97 Å². The van der Waals surface area contributed by atoms with Crippen LogP contribution in [0.3, 0.4) is 0 Å². The summed E-state index contributed by atoms with van der Waals surface area (Å²) in [6.07, 6.45) is 3.11. The lowest BCUT2D eigenvalue weighted by Crippen LogP contribution is -2.13. The highest BCUT2D eigenvalue weighted by Gasteiger charge is 2.16. The maximum absolute atomic E-state index is 12.7. The van der Waals surface area contributed by atoms with Crippen molar-refractivity contribution in [1.29, 1.82) is 0 Å². The van der Waals surface area contributed by atoms with Crippen molar-refractivity contribution in [2.45, 2.75) is 20.8 Å². The Kier molecular flexibility index (Phi) is 6.33. The van der Waals surface area contributed by atoms with Crippen molar-refractivity contribution >= 4 is 23.1 Å². The minimum atomic E-state index is -0.459. The van der Waals surface area contributed by atoms with E-state index >= 15 is 0 Å². The number of hydrogen-bond donors (Lipinski definition) is 1. The van der Waals surface area contributed by atoms with Gasteiger partial charge in [0.1, 0.15) is 5.56 Å². The first-order valence-corrected chi connectivity index (χ1v) is 9.42. The molecule has 2 heterocycles. The molecule has 8 nitrogen and oxygen atoms in total. The molecule has 0 atom stereocenters. The molecule has 29 heavy (non-hydrogen) atoms. The molecular weight excluding hydrogens is 374 g/mol. The molecule has 0 aliphatic heterocycles. The molecule has 0 radical (unpaired) electrons. The number of carbonyl (C=O) groups excluding carboxylic acids is 2. The molecule has 152 valence electrons. The maximum Gasteiger partial charge on any atom is 0.341 e. The standard InChI is InChI=1S/C21H23N3O5/c1-4-27-18-8-7-14(11-19(18)28-5-2)20(25)23-15-9-10-24-17(12-15)16(13-22-24)21(26)29-6-3/h7-13H,4-6H2,1-3H3,(H,23,25). The van der Waals surface area contributed by atoms with Crippen LogP contribution >= 0.6 is 0 Å². The number of pyridine rings is 1. The Balaban J connectivity index is 1.85. The van der Waals surface area contributed by atoms with Crippen LogP contribution in [0.15, 0.2) is 42.7 Å². The minimum absolute atomic E-state index is 0.270. The fourth-order valence-electron chi connectivity index (χ4n) is 2.82. The molecule has 1 amide bonds. The van der Waals surface area contributed by atoms with E-state index in [1.165, 1.54) is 6.20 Å². The molecule has 3 aromatic rings. The molecule has 0 fully saturated rings. The number of aromatic nitrogens is 2. The van der Waals surface area contributed by atoms with Crippen molar-refractivity contribution < 1.29 is 23.8 Å². The number of nitrogens with zero attached hydrogens (tertiary/aromatic N) is 2. The van der Waals surface area contributed by atoms with Crippen LogP contribution in [-0.2, 0) is 4.74 Å². The van der Waals surface area contributed by atoms with Crippen LogP contribution in [0.1, 0.15) is 41.5 Å². The maximum atomic E-state index is 12.7. The second kappa shape index (κ2) is 9.09. The van der Waals surface area contributed by atoms with Gasteiger partial charge in [0, 0.05) is 17.4 Å². The molecule has 0 saturated carbocycles. The van der Waals surface area contributed by atoms with E-state index in [1.807, 2.05) is 13.8 Å². The van der Waals surface area contributed by atoms with Gasteiger partial charge in [-0.3, -0.25) is 4.79 Å². The van der Waals surface area contributed by atoms with Gasteiger partial charge < -0.3 is 19.5 Å². The van der Waals surface area contributed by atoms with Gasteiger partial charge in [0.05, 0.1) is 31.5 Å². The fourth-order valence-corrected chi connectivity index (χ4v) is 2.82. The van der Waals surface area contributed by atoms with E-state index in [-0.39, 0.29) is 12.5 Å². The van der Waals surface area contributed by atoms with Crippen molar-refractivity contribution in [3.05, 3.63) is 53.9 Å². The van der Waals surface area contributed by atoms with Crippen molar-refractivity contribution in [3.63, 3.8) is 0 Å². The number of hydrogen-bond acceptors (Lipinski definition) is 6. The Morgan fingerprint density at radius 1 is 1.00 bits per heavy atom. The molecule has 0 bridgehead atoms. The molecule has 8 heteroatoms. The third kappa shape index (κ3) is 4.48. The van der Waals surface area contributed by atoms with E-state index in [9.17, 15) is 9.59 Å². The molecule has 2 aromatic heterocycles. The number of carbonyl (C=O) groups is 2. The molecule has 0 aliphatic carbocycles. The Labute approximate surface area is 168 Å². The molecule has 1 aromatic carbocycles. The van der Waals surface area contributed by atoms with E-state index in [0.717, 1.165) is 0 Å². The Morgan fingerprint density at radius 3 is 2.48 bits per heavy atom. The lowest BCUT2D eigenvalue weighted by molar-refractivity contribution is 0.0528. The number of nitrogens with one attached hydrogen (secondary N) is 1. The first-order valence-electron chi connectivity index (χ1n) is 9.42. The summed E-state index contributed by atoms with van der Waals surface area (Å²) in [4.78, 5) is 24.8. The van der Waals surface area contributed by atoms with Crippen LogP contribution in [0.5, 0.6) is 11.5 Å². The van der Waals surface area contributed by atoms with Crippen molar-refractivity contribution in [3.8, 4) is 11.5 Å². The second-order valence-electron chi connectivity index (χ2n) is 6.01. The van der Waals surface area contributed by atoms with Crippen LogP contribution in [0.25, 0.3) is 5.52 Å². The summed E-state index contributed by atoms with van der Waals surface area (Å²) in [6.45, 7) is 6.71. The fraction of sp³-hybridized carbons (Fsp3) is 0.286.